The highest BCUT2D eigenvalue weighted by atomic mass is 16.3. The minimum atomic E-state index is -0.597. The summed E-state index contributed by atoms with van der Waals surface area (Å²) in [6.07, 6.45) is 0.181. The monoisotopic (exact) mass is 202 g/mol. The van der Waals surface area contributed by atoms with Gasteiger partial charge < -0.3 is 16.0 Å². The van der Waals surface area contributed by atoms with Crippen molar-refractivity contribution in [1.82, 2.24) is 16.0 Å². The Morgan fingerprint density at radius 3 is 2.21 bits per heavy atom. The smallest absolute Gasteiger partial charge is 0.287 e. The second-order valence-electron chi connectivity index (χ2n) is 2.84. The van der Waals surface area contributed by atoms with Gasteiger partial charge in [-0.15, -0.1) is 4.91 Å². The number of amides is 1. The summed E-state index contributed by atoms with van der Waals surface area (Å²) in [6.45, 7) is 4.01. The average molecular weight is 202 g/mol. The van der Waals surface area contributed by atoms with E-state index >= 15 is 0 Å². The molecular formula is C8H18N4O2. The molecule has 0 aromatic carbocycles. The van der Waals surface area contributed by atoms with Gasteiger partial charge in [-0.05, 0) is 7.05 Å². The predicted octanol–water partition coefficient (Wildman–Crippen LogP) is -0.932. The normalized spacial score (nSPS) is 10.1. The van der Waals surface area contributed by atoms with E-state index in [0.717, 1.165) is 26.2 Å². The highest BCUT2D eigenvalue weighted by Gasteiger charge is 1.98. The molecule has 0 bridgehead atoms. The minimum Gasteiger partial charge on any atom is -0.318 e. The summed E-state index contributed by atoms with van der Waals surface area (Å²) < 4.78 is 0. The highest BCUT2D eigenvalue weighted by Crippen LogP contribution is 1.80. The predicted molar refractivity (Wildman–Crippen MR) is 55.1 cm³/mol. The first kappa shape index (κ1) is 13.2. The van der Waals surface area contributed by atoms with E-state index in [0.29, 0.717) is 6.54 Å². The van der Waals surface area contributed by atoms with Gasteiger partial charge in [-0.1, -0.05) is 0 Å². The van der Waals surface area contributed by atoms with Crippen molar-refractivity contribution in [3.05, 3.63) is 4.91 Å². The molecule has 0 spiro atoms. The second kappa shape index (κ2) is 10.2. The molecule has 0 saturated heterocycles. The molecule has 0 atom stereocenters. The van der Waals surface area contributed by atoms with Crippen LogP contribution >= 0.6 is 0 Å². The number of hydrogen-bond acceptors (Lipinski definition) is 5. The molecule has 14 heavy (non-hydrogen) atoms. The summed E-state index contributed by atoms with van der Waals surface area (Å²) >= 11 is 0. The van der Waals surface area contributed by atoms with Crippen LogP contribution in [0.25, 0.3) is 0 Å². The van der Waals surface area contributed by atoms with Crippen LogP contribution in [0.3, 0.4) is 0 Å². The summed E-state index contributed by atoms with van der Waals surface area (Å²) in [4.78, 5) is 20.1. The maximum absolute atomic E-state index is 10.4. The first-order valence-corrected chi connectivity index (χ1v) is 4.73. The summed E-state index contributed by atoms with van der Waals surface area (Å²) in [5.74, 6) is -0.597. The van der Waals surface area contributed by atoms with Crippen LogP contribution < -0.4 is 16.0 Å². The molecule has 0 fully saturated rings. The van der Waals surface area contributed by atoms with Gasteiger partial charge in [0.2, 0.25) is 0 Å². The van der Waals surface area contributed by atoms with Gasteiger partial charge in [-0.2, -0.15) is 0 Å². The van der Waals surface area contributed by atoms with E-state index in [1.54, 1.807) is 0 Å². The number of nitrogens with one attached hydrogen (secondary N) is 3. The largest absolute Gasteiger partial charge is 0.318 e. The van der Waals surface area contributed by atoms with Gasteiger partial charge in [0, 0.05) is 44.3 Å². The zero-order valence-corrected chi connectivity index (χ0v) is 8.51. The molecule has 0 rings (SSSR count). The maximum Gasteiger partial charge on any atom is 0.287 e. The van der Waals surface area contributed by atoms with Crippen molar-refractivity contribution in [2.45, 2.75) is 6.42 Å². The standard InChI is InChI=1S/C8H18N4O2/c1-9-4-5-11-7-6-10-3-2-8(13)12-14/h9-11H,2-7H2,1H3. The molecule has 0 aliphatic heterocycles. The van der Waals surface area contributed by atoms with Crippen LogP contribution in [0.5, 0.6) is 0 Å². The number of nitrogens with zero attached hydrogens (tertiary/aromatic N) is 1. The summed E-state index contributed by atoms with van der Waals surface area (Å²) in [7, 11) is 1.90. The fraction of sp³-hybridized carbons (Fsp3) is 0.875. The summed E-state index contributed by atoms with van der Waals surface area (Å²) in [5.41, 5.74) is 0. The van der Waals surface area contributed by atoms with Crippen LogP contribution in [0.2, 0.25) is 0 Å². The lowest BCUT2D eigenvalue weighted by molar-refractivity contribution is -0.117. The van der Waals surface area contributed by atoms with Gasteiger partial charge in [-0.25, -0.2) is 0 Å². The summed E-state index contributed by atoms with van der Waals surface area (Å²) in [6, 6.07) is 0. The Kier molecular flexibility index (Phi) is 9.61. The van der Waals surface area contributed by atoms with Crippen LogP contribution in [0, 0.1) is 4.91 Å². The van der Waals surface area contributed by atoms with Gasteiger partial charge >= 0.3 is 0 Å². The number of carbonyl (C=O) groups is 1. The molecule has 82 valence electrons. The van der Waals surface area contributed by atoms with E-state index in [2.05, 4.69) is 21.1 Å². The fourth-order valence-electron chi connectivity index (χ4n) is 0.881. The van der Waals surface area contributed by atoms with E-state index in [4.69, 9.17) is 0 Å². The topological polar surface area (TPSA) is 82.6 Å². The van der Waals surface area contributed by atoms with Crippen molar-refractivity contribution in [3.8, 4) is 0 Å². The van der Waals surface area contributed by atoms with Crippen LogP contribution in [0.4, 0.5) is 0 Å². The molecule has 0 saturated carbocycles. The lowest BCUT2D eigenvalue weighted by Crippen LogP contribution is -2.32. The van der Waals surface area contributed by atoms with E-state index in [-0.39, 0.29) is 6.42 Å². The molecule has 0 radical (unpaired) electrons. The minimum absolute atomic E-state index is 0.181. The van der Waals surface area contributed by atoms with Crippen molar-refractivity contribution < 1.29 is 4.79 Å². The molecular weight excluding hydrogens is 184 g/mol. The number of hydrogen-bond donors (Lipinski definition) is 3. The van der Waals surface area contributed by atoms with Gasteiger partial charge in [0.15, 0.2) is 0 Å². The molecule has 6 heteroatoms. The number of nitroso groups, excluding NO2 is 1. The molecule has 0 unspecified atom stereocenters. The maximum atomic E-state index is 10.4. The first-order valence-electron chi connectivity index (χ1n) is 4.73. The van der Waals surface area contributed by atoms with Crippen molar-refractivity contribution in [2.75, 3.05) is 39.8 Å². The van der Waals surface area contributed by atoms with Crippen molar-refractivity contribution in [3.63, 3.8) is 0 Å². The van der Waals surface area contributed by atoms with Gasteiger partial charge in [0.25, 0.3) is 5.91 Å². The quantitative estimate of drug-likeness (QED) is 0.332. The van der Waals surface area contributed by atoms with E-state index < -0.39 is 5.91 Å². The molecule has 0 aromatic heterocycles. The molecule has 1 amide bonds. The highest BCUT2D eigenvalue weighted by molar-refractivity contribution is 5.76. The van der Waals surface area contributed by atoms with Gasteiger partial charge in [0.1, 0.15) is 0 Å². The molecule has 3 N–H and O–H groups in total. The Hall–Kier alpha value is -0.850. The third-order valence-corrected chi connectivity index (χ3v) is 1.65. The molecule has 6 nitrogen and oxygen atoms in total. The zero-order chi connectivity index (χ0) is 10.6. The van der Waals surface area contributed by atoms with Gasteiger partial charge in [-0.3, -0.25) is 4.79 Å². The Labute approximate surface area is 83.8 Å². The lowest BCUT2D eigenvalue weighted by Gasteiger charge is -2.04. The summed E-state index contributed by atoms with van der Waals surface area (Å²) in [5, 5.41) is 11.5. The van der Waals surface area contributed by atoms with Crippen LogP contribution in [-0.4, -0.2) is 45.7 Å². The Balaban J connectivity index is 2.99. The van der Waals surface area contributed by atoms with Crippen LogP contribution in [-0.2, 0) is 4.79 Å². The Morgan fingerprint density at radius 2 is 1.64 bits per heavy atom. The molecule has 0 aliphatic carbocycles. The fourth-order valence-corrected chi connectivity index (χ4v) is 0.881. The van der Waals surface area contributed by atoms with E-state index in [1.807, 2.05) is 7.05 Å². The van der Waals surface area contributed by atoms with Crippen molar-refractivity contribution >= 4 is 5.91 Å². The molecule has 0 aliphatic rings. The second-order valence-corrected chi connectivity index (χ2v) is 2.84. The van der Waals surface area contributed by atoms with Crippen LogP contribution in [0.15, 0.2) is 5.18 Å². The van der Waals surface area contributed by atoms with E-state index in [9.17, 15) is 9.70 Å². The third-order valence-electron chi connectivity index (χ3n) is 1.65. The number of likely N-dealkylation sites (N-methyl/N-ethyl adjacent to an activating group) is 1. The van der Waals surface area contributed by atoms with Crippen molar-refractivity contribution in [2.24, 2.45) is 5.18 Å². The van der Waals surface area contributed by atoms with E-state index in [1.165, 1.54) is 0 Å². The van der Waals surface area contributed by atoms with Gasteiger partial charge in [0.05, 0.1) is 0 Å². The van der Waals surface area contributed by atoms with Crippen LogP contribution in [0.1, 0.15) is 6.42 Å². The molecule has 0 heterocycles. The average Bonchev–Trinajstić information content (AvgIpc) is 2.21. The zero-order valence-electron chi connectivity index (χ0n) is 8.51. The Bertz CT molecular complexity index is 163. The molecule has 0 aromatic rings. The number of carbonyl (C=O) groups excluding carboxylic acids is 1. The SMILES string of the molecule is CNCCNCCNCCC(=O)N=O. The Morgan fingerprint density at radius 1 is 1.07 bits per heavy atom. The third kappa shape index (κ3) is 9.24. The lowest BCUT2D eigenvalue weighted by atomic mass is 10.4. The van der Waals surface area contributed by atoms with Crippen molar-refractivity contribution in [1.29, 1.82) is 0 Å². The number of rotatable bonds is 9. The first-order chi connectivity index (χ1) is 6.81.